The largest absolute Gasteiger partial charge is 0.461 e. The molecular weight excluding hydrogens is 331 g/mol. The quantitative estimate of drug-likeness (QED) is 0.798. The average Bonchev–Trinajstić information content (AvgIpc) is 2.88. The monoisotopic (exact) mass is 343 g/mol. The molecule has 0 radical (unpaired) electrons. The average molecular weight is 343 g/mol. The fourth-order valence-corrected chi connectivity index (χ4v) is 4.28. The standard InChI is InChI=1S/C10H12F7NO2S/c11-8(12,9(13,14)15)10(16,17)21(19,20)18-7-4-5-1-2-6(7)3-5/h5-7,18H,1-4H2. The van der Waals surface area contributed by atoms with Gasteiger partial charge < -0.3 is 0 Å². The second-order valence-corrected chi connectivity index (χ2v) is 7.25. The first kappa shape index (κ1) is 16.8. The van der Waals surface area contributed by atoms with Crippen LogP contribution in [0.15, 0.2) is 0 Å². The van der Waals surface area contributed by atoms with Gasteiger partial charge in [-0.1, -0.05) is 6.42 Å². The van der Waals surface area contributed by atoms with Gasteiger partial charge in [0.1, 0.15) is 0 Å². The van der Waals surface area contributed by atoms with Gasteiger partial charge in [0.05, 0.1) is 0 Å². The van der Waals surface area contributed by atoms with Crippen LogP contribution in [0.1, 0.15) is 25.7 Å². The number of nitrogens with one attached hydrogen (secondary N) is 1. The number of rotatable bonds is 4. The van der Waals surface area contributed by atoms with E-state index in [1.807, 2.05) is 0 Å². The Morgan fingerprint density at radius 2 is 1.48 bits per heavy atom. The Morgan fingerprint density at radius 1 is 0.905 bits per heavy atom. The van der Waals surface area contributed by atoms with Crippen LogP contribution in [0.4, 0.5) is 30.7 Å². The molecular formula is C10H12F7NO2S. The highest BCUT2D eigenvalue weighted by Gasteiger charge is 2.78. The summed E-state index contributed by atoms with van der Waals surface area (Å²) in [6, 6.07) is -1.01. The second-order valence-electron chi connectivity index (χ2n) is 5.49. The van der Waals surface area contributed by atoms with Crippen molar-refractivity contribution in [1.82, 2.24) is 4.72 Å². The lowest BCUT2D eigenvalue weighted by Crippen LogP contribution is -2.60. The van der Waals surface area contributed by atoms with E-state index >= 15 is 0 Å². The maximum absolute atomic E-state index is 13.3. The van der Waals surface area contributed by atoms with Gasteiger partial charge >= 0.3 is 17.4 Å². The molecule has 124 valence electrons. The van der Waals surface area contributed by atoms with Gasteiger partial charge in [-0.25, -0.2) is 13.1 Å². The number of halogens is 7. The molecule has 2 rings (SSSR count). The number of hydrogen-bond donors (Lipinski definition) is 1. The maximum Gasteiger partial charge on any atom is 0.461 e. The van der Waals surface area contributed by atoms with E-state index in [0.717, 1.165) is 6.42 Å². The van der Waals surface area contributed by atoms with Crippen molar-refractivity contribution in [3.8, 4) is 0 Å². The number of alkyl halides is 7. The van der Waals surface area contributed by atoms with Crippen molar-refractivity contribution < 1.29 is 39.2 Å². The Bertz CT molecular complexity index is 516. The van der Waals surface area contributed by atoms with Gasteiger partial charge in [-0.3, -0.25) is 0 Å². The zero-order valence-electron chi connectivity index (χ0n) is 10.4. The summed E-state index contributed by atoms with van der Waals surface area (Å²) in [5, 5.41) is -6.26. The molecule has 3 nitrogen and oxygen atoms in total. The van der Waals surface area contributed by atoms with Gasteiger partial charge in [-0.2, -0.15) is 30.7 Å². The van der Waals surface area contributed by atoms with Crippen molar-refractivity contribution in [2.75, 3.05) is 0 Å². The summed E-state index contributed by atoms with van der Waals surface area (Å²) in [7, 11) is -6.16. The lowest BCUT2D eigenvalue weighted by molar-refractivity contribution is -0.332. The molecule has 0 aromatic heterocycles. The highest BCUT2D eigenvalue weighted by Crippen LogP contribution is 2.50. The van der Waals surface area contributed by atoms with Gasteiger partial charge in [-0.05, 0) is 31.1 Å². The van der Waals surface area contributed by atoms with Gasteiger partial charge in [0, 0.05) is 6.04 Å². The Kier molecular flexibility index (Phi) is 3.76. The minimum atomic E-state index is -6.67. The van der Waals surface area contributed by atoms with Crippen molar-refractivity contribution in [1.29, 1.82) is 0 Å². The molecule has 2 bridgehead atoms. The van der Waals surface area contributed by atoms with E-state index in [1.165, 1.54) is 4.72 Å². The summed E-state index contributed by atoms with van der Waals surface area (Å²) in [5.41, 5.74) is 0. The predicted octanol–water partition coefficient (Wildman–Crippen LogP) is 2.88. The summed E-state index contributed by atoms with van der Waals surface area (Å²) in [6.07, 6.45) is -4.61. The fraction of sp³-hybridized carbons (Fsp3) is 1.00. The number of hydrogen-bond acceptors (Lipinski definition) is 2. The number of sulfonamides is 1. The Labute approximate surface area is 115 Å². The topological polar surface area (TPSA) is 46.2 Å². The predicted molar refractivity (Wildman–Crippen MR) is 57.2 cm³/mol. The molecule has 0 amide bonds. The molecule has 2 fully saturated rings. The maximum atomic E-state index is 13.3. The Morgan fingerprint density at radius 3 is 1.86 bits per heavy atom. The van der Waals surface area contributed by atoms with Gasteiger partial charge in [0.15, 0.2) is 0 Å². The van der Waals surface area contributed by atoms with Crippen LogP contribution in [0.3, 0.4) is 0 Å². The zero-order chi connectivity index (χ0) is 16.3. The lowest BCUT2D eigenvalue weighted by Gasteiger charge is -2.30. The first-order chi connectivity index (χ1) is 9.29. The molecule has 0 spiro atoms. The molecule has 0 aromatic carbocycles. The third-order valence-corrected chi connectivity index (χ3v) is 5.65. The van der Waals surface area contributed by atoms with Crippen LogP contribution in [-0.2, 0) is 10.0 Å². The summed E-state index contributed by atoms with van der Waals surface area (Å²) in [6.45, 7) is 0. The summed E-state index contributed by atoms with van der Waals surface area (Å²) in [5.74, 6) is -6.86. The highest BCUT2D eigenvalue weighted by molar-refractivity contribution is 7.90. The molecule has 2 aliphatic carbocycles. The minimum Gasteiger partial charge on any atom is -0.206 e. The fourth-order valence-electron chi connectivity index (χ4n) is 3.00. The molecule has 21 heavy (non-hydrogen) atoms. The second kappa shape index (κ2) is 4.71. The molecule has 11 heteroatoms. The minimum absolute atomic E-state index is 0.0967. The van der Waals surface area contributed by atoms with E-state index in [4.69, 9.17) is 0 Å². The summed E-state index contributed by atoms with van der Waals surface area (Å²) < 4.78 is 112. The molecule has 1 N–H and O–H groups in total. The summed E-state index contributed by atoms with van der Waals surface area (Å²) >= 11 is 0. The number of fused-ring (bicyclic) bond motifs is 2. The van der Waals surface area contributed by atoms with Crippen LogP contribution in [-0.4, -0.2) is 31.8 Å². The Hall–Kier alpha value is -0.580. The van der Waals surface area contributed by atoms with Gasteiger partial charge in [0.2, 0.25) is 0 Å². The lowest BCUT2D eigenvalue weighted by atomic mass is 9.96. The van der Waals surface area contributed by atoms with Crippen LogP contribution < -0.4 is 4.72 Å². The van der Waals surface area contributed by atoms with E-state index in [2.05, 4.69) is 0 Å². The normalized spacial score (nSPS) is 30.9. The van der Waals surface area contributed by atoms with Crippen molar-refractivity contribution in [2.45, 2.75) is 49.1 Å². The van der Waals surface area contributed by atoms with Crippen LogP contribution in [0, 0.1) is 11.8 Å². The van der Waals surface area contributed by atoms with E-state index in [0.29, 0.717) is 12.8 Å². The molecule has 2 saturated carbocycles. The third kappa shape index (κ3) is 2.51. The zero-order valence-corrected chi connectivity index (χ0v) is 11.2. The van der Waals surface area contributed by atoms with Crippen molar-refractivity contribution in [3.63, 3.8) is 0 Å². The molecule has 0 saturated heterocycles. The van der Waals surface area contributed by atoms with Crippen LogP contribution in [0.2, 0.25) is 0 Å². The van der Waals surface area contributed by atoms with Crippen LogP contribution in [0.5, 0.6) is 0 Å². The molecule has 0 heterocycles. The molecule has 2 aliphatic rings. The first-order valence-electron chi connectivity index (χ1n) is 6.14. The first-order valence-corrected chi connectivity index (χ1v) is 7.62. The molecule has 3 unspecified atom stereocenters. The SMILES string of the molecule is O=S(=O)(NC1CC2CCC1C2)C(F)(F)C(F)(F)C(F)(F)F. The molecule has 0 aromatic rings. The van der Waals surface area contributed by atoms with Crippen LogP contribution in [0.25, 0.3) is 0 Å². The van der Waals surface area contributed by atoms with Crippen molar-refractivity contribution >= 4 is 10.0 Å². The van der Waals surface area contributed by atoms with Gasteiger partial charge in [0.25, 0.3) is 10.0 Å². The molecule has 3 atom stereocenters. The molecule has 0 aliphatic heterocycles. The van der Waals surface area contributed by atoms with Crippen molar-refractivity contribution in [3.05, 3.63) is 0 Å². The third-order valence-electron chi connectivity index (χ3n) is 4.10. The van der Waals surface area contributed by atoms with E-state index in [1.54, 1.807) is 0 Å². The Balaban J connectivity index is 2.22. The van der Waals surface area contributed by atoms with Crippen molar-refractivity contribution in [2.24, 2.45) is 11.8 Å². The van der Waals surface area contributed by atoms with E-state index in [-0.39, 0.29) is 18.3 Å². The van der Waals surface area contributed by atoms with Gasteiger partial charge in [-0.15, -0.1) is 0 Å². The van der Waals surface area contributed by atoms with E-state index in [9.17, 15) is 39.2 Å². The van der Waals surface area contributed by atoms with E-state index < -0.39 is 33.4 Å². The van der Waals surface area contributed by atoms with Crippen LogP contribution >= 0.6 is 0 Å². The summed E-state index contributed by atoms with van der Waals surface area (Å²) in [4.78, 5) is 0. The smallest absolute Gasteiger partial charge is 0.206 e. The highest BCUT2D eigenvalue weighted by atomic mass is 32.2.